The molecule has 0 amide bonds. The Morgan fingerprint density at radius 2 is 1.56 bits per heavy atom. The standard InChI is InChI=1S/C10H11NO4S/c1-14-9(12)5-3-4-6(10(13)15-2)8(16)7(5)11/h3-4,16H,11H2,1-2H3. The molecule has 0 heterocycles. The molecule has 0 saturated heterocycles. The van der Waals surface area contributed by atoms with Crippen molar-refractivity contribution in [3.05, 3.63) is 23.3 Å². The number of anilines is 1. The molecule has 16 heavy (non-hydrogen) atoms. The monoisotopic (exact) mass is 241 g/mol. The van der Waals surface area contributed by atoms with E-state index in [1.807, 2.05) is 0 Å². The molecule has 0 atom stereocenters. The zero-order valence-electron chi connectivity index (χ0n) is 8.81. The van der Waals surface area contributed by atoms with Gasteiger partial charge in [-0.15, -0.1) is 12.6 Å². The number of thiol groups is 1. The largest absolute Gasteiger partial charge is 0.465 e. The van der Waals surface area contributed by atoms with Crippen LogP contribution in [0.5, 0.6) is 0 Å². The van der Waals surface area contributed by atoms with Crippen LogP contribution < -0.4 is 5.73 Å². The fraction of sp³-hybridized carbons (Fsp3) is 0.200. The lowest BCUT2D eigenvalue weighted by Crippen LogP contribution is -2.10. The van der Waals surface area contributed by atoms with E-state index in [-0.39, 0.29) is 21.7 Å². The molecule has 1 aromatic carbocycles. The summed E-state index contributed by atoms with van der Waals surface area (Å²) in [7, 11) is 2.49. The van der Waals surface area contributed by atoms with Gasteiger partial charge in [-0.1, -0.05) is 0 Å². The first-order valence-electron chi connectivity index (χ1n) is 4.31. The number of rotatable bonds is 2. The van der Waals surface area contributed by atoms with E-state index in [0.717, 1.165) is 0 Å². The van der Waals surface area contributed by atoms with E-state index in [4.69, 9.17) is 5.73 Å². The molecule has 6 heteroatoms. The molecule has 0 aliphatic rings. The van der Waals surface area contributed by atoms with Crippen molar-refractivity contribution in [3.8, 4) is 0 Å². The van der Waals surface area contributed by atoms with Gasteiger partial charge in [-0.2, -0.15) is 0 Å². The number of ether oxygens (including phenoxy) is 2. The minimum absolute atomic E-state index is 0.0954. The van der Waals surface area contributed by atoms with Crippen LogP contribution in [0.1, 0.15) is 20.7 Å². The van der Waals surface area contributed by atoms with Gasteiger partial charge < -0.3 is 15.2 Å². The third kappa shape index (κ3) is 2.11. The van der Waals surface area contributed by atoms with E-state index in [1.54, 1.807) is 0 Å². The lowest BCUT2D eigenvalue weighted by Gasteiger charge is -2.09. The van der Waals surface area contributed by atoms with Gasteiger partial charge in [0.15, 0.2) is 0 Å². The average Bonchev–Trinajstić information content (AvgIpc) is 2.30. The smallest absolute Gasteiger partial charge is 0.339 e. The van der Waals surface area contributed by atoms with Crippen LogP contribution in [0.3, 0.4) is 0 Å². The zero-order valence-corrected chi connectivity index (χ0v) is 9.71. The minimum atomic E-state index is -0.579. The summed E-state index contributed by atoms with van der Waals surface area (Å²) < 4.78 is 9.07. The summed E-state index contributed by atoms with van der Waals surface area (Å²) in [6.07, 6.45) is 0. The molecule has 0 saturated carbocycles. The normalized spacial score (nSPS) is 9.69. The molecule has 0 aliphatic carbocycles. The fourth-order valence-electron chi connectivity index (χ4n) is 1.17. The third-order valence-corrected chi connectivity index (χ3v) is 2.51. The van der Waals surface area contributed by atoms with E-state index in [1.165, 1.54) is 26.4 Å². The SMILES string of the molecule is COC(=O)c1ccc(C(=O)OC)c(S)c1N. The summed E-state index contributed by atoms with van der Waals surface area (Å²) in [6, 6.07) is 2.81. The molecule has 86 valence electrons. The van der Waals surface area contributed by atoms with Crippen LogP contribution in [0.15, 0.2) is 17.0 Å². The Bertz CT molecular complexity index is 404. The summed E-state index contributed by atoms with van der Waals surface area (Å²) in [6.45, 7) is 0. The molecule has 0 aliphatic heterocycles. The van der Waals surface area contributed by atoms with Gasteiger partial charge in [0, 0.05) is 4.90 Å². The van der Waals surface area contributed by atoms with Gasteiger partial charge in [0.2, 0.25) is 0 Å². The van der Waals surface area contributed by atoms with Crippen molar-refractivity contribution in [3.63, 3.8) is 0 Å². The van der Waals surface area contributed by atoms with Crippen molar-refractivity contribution in [2.45, 2.75) is 4.90 Å². The molecule has 1 aromatic rings. The second-order valence-corrected chi connectivity index (χ2v) is 3.35. The van der Waals surface area contributed by atoms with Crippen LogP contribution >= 0.6 is 12.6 Å². The maximum Gasteiger partial charge on any atom is 0.339 e. The second kappa shape index (κ2) is 4.89. The van der Waals surface area contributed by atoms with Crippen molar-refractivity contribution in [2.75, 3.05) is 20.0 Å². The van der Waals surface area contributed by atoms with Crippen LogP contribution in [0, 0.1) is 0 Å². The fourth-order valence-corrected chi connectivity index (χ4v) is 1.46. The van der Waals surface area contributed by atoms with Crippen molar-refractivity contribution in [1.29, 1.82) is 0 Å². The van der Waals surface area contributed by atoms with E-state index < -0.39 is 11.9 Å². The van der Waals surface area contributed by atoms with Gasteiger partial charge in [-0.3, -0.25) is 0 Å². The Morgan fingerprint density at radius 3 is 2.06 bits per heavy atom. The molecule has 0 bridgehead atoms. The number of hydrogen-bond donors (Lipinski definition) is 2. The Kier molecular flexibility index (Phi) is 3.78. The molecule has 5 nitrogen and oxygen atoms in total. The van der Waals surface area contributed by atoms with Gasteiger partial charge in [-0.25, -0.2) is 9.59 Å². The Morgan fingerprint density at radius 1 is 1.12 bits per heavy atom. The quantitative estimate of drug-likeness (QED) is 0.461. The maximum atomic E-state index is 11.3. The number of nitrogen functional groups attached to an aromatic ring is 1. The minimum Gasteiger partial charge on any atom is -0.465 e. The molecular weight excluding hydrogens is 230 g/mol. The Hall–Kier alpha value is -1.69. The number of carbonyl (C=O) groups excluding carboxylic acids is 2. The van der Waals surface area contributed by atoms with Crippen LogP contribution in [-0.4, -0.2) is 26.2 Å². The molecule has 0 aromatic heterocycles. The summed E-state index contributed by atoms with van der Waals surface area (Å²) in [5.74, 6) is -1.14. The summed E-state index contributed by atoms with van der Waals surface area (Å²) in [5, 5.41) is 0. The van der Waals surface area contributed by atoms with Crippen molar-refractivity contribution in [1.82, 2.24) is 0 Å². The molecule has 2 N–H and O–H groups in total. The number of methoxy groups -OCH3 is 2. The third-order valence-electron chi connectivity index (χ3n) is 2.03. The highest BCUT2D eigenvalue weighted by Gasteiger charge is 2.18. The highest BCUT2D eigenvalue weighted by Crippen LogP contribution is 2.26. The maximum absolute atomic E-state index is 11.3. The first kappa shape index (κ1) is 12.4. The lowest BCUT2D eigenvalue weighted by molar-refractivity contribution is 0.0584. The zero-order chi connectivity index (χ0) is 12.3. The van der Waals surface area contributed by atoms with E-state index >= 15 is 0 Å². The molecule has 1 rings (SSSR count). The summed E-state index contributed by atoms with van der Waals surface area (Å²) >= 11 is 4.07. The van der Waals surface area contributed by atoms with E-state index in [9.17, 15) is 9.59 Å². The van der Waals surface area contributed by atoms with Gasteiger partial charge in [0.05, 0.1) is 31.0 Å². The van der Waals surface area contributed by atoms with Crippen LogP contribution in [-0.2, 0) is 9.47 Å². The van der Waals surface area contributed by atoms with E-state index in [2.05, 4.69) is 22.1 Å². The molecule has 0 spiro atoms. The summed E-state index contributed by atoms with van der Waals surface area (Å²) in [5.41, 5.74) is 6.13. The Balaban J connectivity index is 3.28. The first-order chi connectivity index (χ1) is 7.52. The number of hydrogen-bond acceptors (Lipinski definition) is 6. The first-order valence-corrected chi connectivity index (χ1v) is 4.75. The number of benzene rings is 1. The molecule has 0 radical (unpaired) electrons. The van der Waals surface area contributed by atoms with Gasteiger partial charge in [-0.05, 0) is 12.1 Å². The molecular formula is C10H11NO4S. The lowest BCUT2D eigenvalue weighted by atomic mass is 10.1. The second-order valence-electron chi connectivity index (χ2n) is 2.91. The van der Waals surface area contributed by atoms with Crippen molar-refractivity contribution in [2.24, 2.45) is 0 Å². The van der Waals surface area contributed by atoms with Crippen molar-refractivity contribution < 1.29 is 19.1 Å². The molecule has 0 unspecified atom stereocenters. The van der Waals surface area contributed by atoms with Gasteiger partial charge >= 0.3 is 11.9 Å². The number of nitrogens with two attached hydrogens (primary N) is 1. The van der Waals surface area contributed by atoms with Crippen LogP contribution in [0.2, 0.25) is 0 Å². The molecule has 0 fully saturated rings. The number of carbonyl (C=O) groups is 2. The predicted octanol–water partition coefficient (Wildman–Crippen LogP) is 1.13. The number of esters is 2. The predicted molar refractivity (Wildman–Crippen MR) is 60.8 cm³/mol. The Labute approximate surface area is 97.9 Å². The highest BCUT2D eigenvalue weighted by atomic mass is 32.1. The summed E-state index contributed by atoms with van der Waals surface area (Å²) in [4.78, 5) is 22.8. The topological polar surface area (TPSA) is 78.6 Å². The van der Waals surface area contributed by atoms with Gasteiger partial charge in [0.25, 0.3) is 0 Å². The van der Waals surface area contributed by atoms with Gasteiger partial charge in [0.1, 0.15) is 0 Å². The average molecular weight is 241 g/mol. The van der Waals surface area contributed by atoms with Crippen LogP contribution in [0.25, 0.3) is 0 Å². The highest BCUT2D eigenvalue weighted by molar-refractivity contribution is 7.80. The van der Waals surface area contributed by atoms with Crippen molar-refractivity contribution >= 4 is 30.3 Å². The van der Waals surface area contributed by atoms with Crippen LogP contribution in [0.4, 0.5) is 5.69 Å². The van der Waals surface area contributed by atoms with E-state index in [0.29, 0.717) is 0 Å².